The molecule has 1 unspecified atom stereocenters. The minimum atomic E-state index is -0.649. The van der Waals surface area contributed by atoms with Crippen molar-refractivity contribution in [2.24, 2.45) is 0 Å². The van der Waals surface area contributed by atoms with Gasteiger partial charge in [-0.2, -0.15) is 0 Å². The number of urea groups is 1. The first-order chi connectivity index (χ1) is 14.3. The van der Waals surface area contributed by atoms with Crippen LogP contribution in [0.15, 0.2) is 24.4 Å². The Hall–Kier alpha value is -3.76. The number of nitrogens with zero attached hydrogens (tertiary/aromatic N) is 5. The number of piperidine rings is 1. The van der Waals surface area contributed by atoms with Crippen molar-refractivity contribution in [2.45, 2.75) is 32.0 Å². The van der Waals surface area contributed by atoms with Crippen LogP contribution in [0.2, 0.25) is 0 Å². The molecule has 1 saturated heterocycles. The van der Waals surface area contributed by atoms with E-state index >= 15 is 0 Å². The highest BCUT2D eigenvalue weighted by Gasteiger charge is 2.39. The molecule has 5 amide bonds. The largest absolute Gasteiger partial charge is 0.332 e. The molecule has 2 N–H and O–H groups in total. The van der Waals surface area contributed by atoms with E-state index in [4.69, 9.17) is 0 Å². The summed E-state index contributed by atoms with van der Waals surface area (Å²) in [6, 6.07) is 4.41. The fourth-order valence-corrected chi connectivity index (χ4v) is 3.53. The highest BCUT2D eigenvalue weighted by Crippen LogP contribution is 2.28. The normalized spacial score (nSPS) is 18.3. The Kier molecular flexibility index (Phi) is 4.94. The third kappa shape index (κ3) is 3.61. The topological polar surface area (TPSA) is 130 Å². The van der Waals surface area contributed by atoms with Gasteiger partial charge in [0.05, 0.1) is 18.4 Å². The van der Waals surface area contributed by atoms with Gasteiger partial charge in [-0.3, -0.25) is 19.7 Å². The monoisotopic (exact) mass is 411 g/mol. The van der Waals surface area contributed by atoms with Crippen molar-refractivity contribution in [1.29, 1.82) is 0 Å². The summed E-state index contributed by atoms with van der Waals surface area (Å²) in [6.45, 7) is 0.526. The zero-order valence-corrected chi connectivity index (χ0v) is 16.6. The molecule has 30 heavy (non-hydrogen) atoms. The second kappa shape index (κ2) is 7.58. The fraction of sp³-hybridized carbons (Fsp3) is 0.368. The van der Waals surface area contributed by atoms with Gasteiger partial charge in [-0.25, -0.2) is 9.48 Å². The Labute approximate surface area is 172 Å². The van der Waals surface area contributed by atoms with Crippen LogP contribution >= 0.6 is 0 Å². The highest BCUT2D eigenvalue weighted by atomic mass is 16.2. The summed E-state index contributed by atoms with van der Waals surface area (Å²) in [5.41, 5.74) is 2.61. The Balaban J connectivity index is 1.49. The van der Waals surface area contributed by atoms with Crippen molar-refractivity contribution < 1.29 is 19.2 Å². The van der Waals surface area contributed by atoms with E-state index in [1.165, 1.54) is 9.80 Å². The molecule has 3 heterocycles. The van der Waals surface area contributed by atoms with Gasteiger partial charge in [0.15, 0.2) is 0 Å². The average Bonchev–Trinajstić information content (AvgIpc) is 3.31. The van der Waals surface area contributed by atoms with Crippen molar-refractivity contribution in [3.05, 3.63) is 41.2 Å². The van der Waals surface area contributed by atoms with Crippen molar-refractivity contribution in [2.75, 3.05) is 14.1 Å². The zero-order valence-electron chi connectivity index (χ0n) is 16.6. The summed E-state index contributed by atoms with van der Waals surface area (Å²) in [4.78, 5) is 50.8. The number of rotatable bonds is 4. The van der Waals surface area contributed by atoms with Gasteiger partial charge in [0.2, 0.25) is 11.8 Å². The molecule has 1 aromatic heterocycles. The van der Waals surface area contributed by atoms with Gasteiger partial charge in [-0.05, 0) is 30.2 Å². The third-order valence-electron chi connectivity index (χ3n) is 5.14. The summed E-state index contributed by atoms with van der Waals surface area (Å²) in [5.74, 6) is -0.975. The summed E-state index contributed by atoms with van der Waals surface area (Å²) < 4.78 is 1.57. The van der Waals surface area contributed by atoms with Gasteiger partial charge in [-0.15, -0.1) is 5.10 Å². The molecule has 0 radical (unpaired) electrons. The molecule has 4 rings (SSSR count). The van der Waals surface area contributed by atoms with E-state index in [1.807, 2.05) is 6.07 Å². The quantitative estimate of drug-likeness (QED) is 0.671. The molecule has 1 atom stereocenters. The molecule has 1 fully saturated rings. The fourth-order valence-electron chi connectivity index (χ4n) is 3.53. The number of nitrogens with one attached hydrogen (secondary N) is 2. The lowest BCUT2D eigenvalue weighted by molar-refractivity contribution is -0.136. The molecule has 0 aliphatic carbocycles. The van der Waals surface area contributed by atoms with Crippen molar-refractivity contribution in [1.82, 2.24) is 35.4 Å². The Morgan fingerprint density at radius 3 is 2.83 bits per heavy atom. The number of fused-ring (bicyclic) bond motifs is 1. The summed E-state index contributed by atoms with van der Waals surface area (Å²) in [5, 5.41) is 13.2. The van der Waals surface area contributed by atoms with Crippen molar-refractivity contribution >= 4 is 23.8 Å². The van der Waals surface area contributed by atoms with Crippen LogP contribution in [0.5, 0.6) is 0 Å². The number of amides is 5. The molecule has 0 spiro atoms. The number of aromatic nitrogens is 3. The maximum Gasteiger partial charge on any atom is 0.317 e. The SMILES string of the molecule is CN(C)C(=O)NCc1cn(-c2ccc3c(c2)CN(C2CCC(=O)NC2=O)C3=O)nn1. The van der Waals surface area contributed by atoms with Gasteiger partial charge in [0.1, 0.15) is 11.7 Å². The van der Waals surface area contributed by atoms with Crippen LogP contribution in [0, 0.1) is 0 Å². The van der Waals surface area contributed by atoms with E-state index < -0.39 is 11.9 Å². The van der Waals surface area contributed by atoms with Crippen molar-refractivity contribution in [3.63, 3.8) is 0 Å². The number of hydrogen-bond donors (Lipinski definition) is 2. The Morgan fingerprint density at radius 2 is 2.10 bits per heavy atom. The number of carbonyl (C=O) groups is 4. The smallest absolute Gasteiger partial charge is 0.317 e. The first-order valence-electron chi connectivity index (χ1n) is 9.48. The van der Waals surface area contributed by atoms with Crippen LogP contribution in [0.25, 0.3) is 5.69 Å². The molecular formula is C19H21N7O4. The molecule has 11 heteroatoms. The molecule has 2 aliphatic heterocycles. The standard InChI is InChI=1S/C19H21N7O4/c1-24(2)19(30)20-8-12-10-26(23-22-12)13-3-4-14-11(7-13)9-25(18(14)29)15-5-6-16(27)21-17(15)28/h3-4,7,10,15H,5-6,8-9H2,1-2H3,(H,20,30)(H,21,27,28). The summed E-state index contributed by atoms with van der Waals surface area (Å²) in [7, 11) is 3.30. The van der Waals surface area contributed by atoms with Crippen molar-refractivity contribution in [3.8, 4) is 5.69 Å². The minimum Gasteiger partial charge on any atom is -0.332 e. The molecule has 2 aliphatic rings. The Morgan fingerprint density at radius 1 is 1.30 bits per heavy atom. The average molecular weight is 411 g/mol. The lowest BCUT2D eigenvalue weighted by Crippen LogP contribution is -2.52. The summed E-state index contributed by atoms with van der Waals surface area (Å²) >= 11 is 0. The lowest BCUT2D eigenvalue weighted by atomic mass is 10.0. The van der Waals surface area contributed by atoms with E-state index in [9.17, 15) is 19.2 Å². The maximum atomic E-state index is 12.8. The van der Waals surface area contributed by atoms with Gasteiger partial charge in [0, 0.05) is 32.6 Å². The van der Waals surface area contributed by atoms with Crippen LogP contribution in [0.4, 0.5) is 4.79 Å². The van der Waals surface area contributed by atoms with Gasteiger partial charge < -0.3 is 15.1 Å². The van der Waals surface area contributed by atoms with Crippen LogP contribution < -0.4 is 10.6 Å². The predicted molar refractivity (Wildman–Crippen MR) is 103 cm³/mol. The lowest BCUT2D eigenvalue weighted by Gasteiger charge is -2.29. The van der Waals surface area contributed by atoms with E-state index in [2.05, 4.69) is 20.9 Å². The molecule has 0 saturated carbocycles. The molecular weight excluding hydrogens is 390 g/mol. The second-order valence-corrected chi connectivity index (χ2v) is 7.45. The first kappa shape index (κ1) is 19.6. The zero-order chi connectivity index (χ0) is 21.4. The second-order valence-electron chi connectivity index (χ2n) is 7.45. The van der Waals surface area contributed by atoms with Crippen LogP contribution in [0.1, 0.15) is 34.5 Å². The number of carbonyl (C=O) groups excluding carboxylic acids is 4. The predicted octanol–water partition coefficient (Wildman–Crippen LogP) is -0.200. The van der Waals surface area contributed by atoms with E-state index in [1.54, 1.807) is 37.1 Å². The number of benzene rings is 1. The van der Waals surface area contributed by atoms with E-state index in [0.717, 1.165) is 5.56 Å². The van der Waals surface area contributed by atoms with Crippen LogP contribution in [-0.4, -0.2) is 68.7 Å². The molecule has 2 aromatic rings. The molecule has 0 bridgehead atoms. The first-order valence-corrected chi connectivity index (χ1v) is 9.48. The number of hydrogen-bond acceptors (Lipinski definition) is 6. The number of imide groups is 1. The molecule has 156 valence electrons. The van der Waals surface area contributed by atoms with Gasteiger partial charge >= 0.3 is 6.03 Å². The minimum absolute atomic E-state index is 0.216. The van der Waals surface area contributed by atoms with Crippen LogP contribution in [-0.2, 0) is 22.7 Å². The summed E-state index contributed by atoms with van der Waals surface area (Å²) in [6.07, 6.45) is 2.24. The van der Waals surface area contributed by atoms with E-state index in [-0.39, 0.29) is 37.4 Å². The Bertz CT molecular complexity index is 1050. The van der Waals surface area contributed by atoms with E-state index in [0.29, 0.717) is 23.4 Å². The maximum absolute atomic E-state index is 12.8. The third-order valence-corrected chi connectivity index (χ3v) is 5.14. The highest BCUT2D eigenvalue weighted by molar-refractivity contribution is 6.05. The van der Waals surface area contributed by atoms with Gasteiger partial charge in [0.25, 0.3) is 5.91 Å². The molecule has 11 nitrogen and oxygen atoms in total. The van der Waals surface area contributed by atoms with Crippen LogP contribution in [0.3, 0.4) is 0 Å². The molecule has 1 aromatic carbocycles. The van der Waals surface area contributed by atoms with Gasteiger partial charge in [-0.1, -0.05) is 5.21 Å².